The third-order valence-corrected chi connectivity index (χ3v) is 5.64. The maximum absolute atomic E-state index is 12.0. The molecule has 0 unspecified atom stereocenters. The number of guanidine groups is 1. The molecule has 0 saturated carbocycles. The molecule has 0 atom stereocenters. The van der Waals surface area contributed by atoms with E-state index in [1.165, 1.54) is 24.8 Å². The Hall–Kier alpha value is -1.55. The van der Waals surface area contributed by atoms with Crippen molar-refractivity contribution in [1.82, 2.24) is 20.4 Å². The van der Waals surface area contributed by atoms with Crippen LogP contribution in [0.3, 0.4) is 0 Å². The van der Waals surface area contributed by atoms with E-state index in [0.717, 1.165) is 38.3 Å². The number of hydrogen-bond donors (Lipinski definition) is 2. The predicted molar refractivity (Wildman–Crippen MR) is 139 cm³/mol. The number of ether oxygens (including phenoxy) is 1. The van der Waals surface area contributed by atoms with Crippen LogP contribution < -0.4 is 15.4 Å². The number of carbonyl (C=O) groups is 1. The summed E-state index contributed by atoms with van der Waals surface area (Å²) in [5.74, 6) is 1.53. The summed E-state index contributed by atoms with van der Waals surface area (Å²) < 4.78 is 5.21. The van der Waals surface area contributed by atoms with E-state index in [1.54, 1.807) is 26.1 Å². The Morgan fingerprint density at radius 1 is 1.13 bits per heavy atom. The smallest absolute Gasteiger partial charge is 0.243 e. The Labute approximate surface area is 205 Å². The molecule has 0 radical (unpaired) electrons. The van der Waals surface area contributed by atoms with Crippen molar-refractivity contribution in [2.45, 2.75) is 45.1 Å². The van der Waals surface area contributed by atoms with Crippen LogP contribution in [0.4, 0.5) is 0 Å². The number of amides is 1. The van der Waals surface area contributed by atoms with Crippen LogP contribution in [0.5, 0.6) is 5.75 Å². The van der Waals surface area contributed by atoms with Gasteiger partial charge in [0.1, 0.15) is 12.3 Å². The van der Waals surface area contributed by atoms with E-state index in [9.17, 15) is 4.79 Å². The summed E-state index contributed by atoms with van der Waals surface area (Å²) in [6.45, 7) is 8.47. The van der Waals surface area contributed by atoms with Gasteiger partial charge < -0.3 is 20.3 Å². The summed E-state index contributed by atoms with van der Waals surface area (Å²) in [6, 6.07) is 8.08. The molecule has 176 valence electrons. The fourth-order valence-electron chi connectivity index (χ4n) is 3.49. The molecule has 7 nitrogen and oxygen atoms in total. The monoisotopic (exact) mass is 545 g/mol. The Bertz CT molecular complexity index is 686. The number of piperidine rings is 1. The maximum atomic E-state index is 12.0. The molecule has 8 heteroatoms. The molecule has 1 saturated heterocycles. The number of benzene rings is 1. The van der Waals surface area contributed by atoms with Gasteiger partial charge in [-0.15, -0.1) is 24.0 Å². The lowest BCUT2D eigenvalue weighted by Crippen LogP contribution is -2.55. The van der Waals surface area contributed by atoms with Gasteiger partial charge in [-0.05, 0) is 63.9 Å². The lowest BCUT2D eigenvalue weighted by molar-refractivity contribution is -0.127. The van der Waals surface area contributed by atoms with Crippen LogP contribution in [0.2, 0.25) is 0 Å². The van der Waals surface area contributed by atoms with Gasteiger partial charge in [0, 0.05) is 32.7 Å². The first kappa shape index (κ1) is 27.5. The molecule has 1 aromatic rings. The van der Waals surface area contributed by atoms with Gasteiger partial charge in [-0.25, -0.2) is 4.99 Å². The van der Waals surface area contributed by atoms with E-state index in [0.29, 0.717) is 5.96 Å². The van der Waals surface area contributed by atoms with Gasteiger partial charge in [0.15, 0.2) is 5.96 Å². The summed E-state index contributed by atoms with van der Waals surface area (Å²) in [7, 11) is 5.18. The number of methoxy groups -OCH3 is 1. The molecule has 0 aromatic heterocycles. The van der Waals surface area contributed by atoms with Crippen molar-refractivity contribution >= 4 is 35.8 Å². The molecular formula is C23H40IN5O2. The van der Waals surface area contributed by atoms with Crippen molar-refractivity contribution in [3.8, 4) is 5.75 Å². The van der Waals surface area contributed by atoms with E-state index in [1.807, 2.05) is 12.1 Å². The van der Waals surface area contributed by atoms with Gasteiger partial charge in [0.2, 0.25) is 5.91 Å². The molecule has 0 spiro atoms. The number of nitrogens with zero attached hydrogens (tertiary/aromatic N) is 3. The minimum absolute atomic E-state index is 0. The van der Waals surface area contributed by atoms with Crippen LogP contribution in [0.25, 0.3) is 0 Å². The highest BCUT2D eigenvalue weighted by Gasteiger charge is 2.27. The molecule has 2 N–H and O–H groups in total. The van der Waals surface area contributed by atoms with E-state index < -0.39 is 0 Å². The van der Waals surface area contributed by atoms with Crippen LogP contribution in [0.15, 0.2) is 29.3 Å². The van der Waals surface area contributed by atoms with Crippen LogP contribution in [-0.2, 0) is 11.2 Å². The minimum Gasteiger partial charge on any atom is -0.497 e. The van der Waals surface area contributed by atoms with Crippen molar-refractivity contribution in [1.29, 1.82) is 0 Å². The highest BCUT2D eigenvalue weighted by molar-refractivity contribution is 14.0. The first-order valence-corrected chi connectivity index (χ1v) is 10.9. The van der Waals surface area contributed by atoms with Crippen LogP contribution >= 0.6 is 24.0 Å². The van der Waals surface area contributed by atoms with Gasteiger partial charge in [0.25, 0.3) is 0 Å². The number of likely N-dealkylation sites (N-methyl/N-ethyl adjacent to an activating group) is 1. The van der Waals surface area contributed by atoms with Gasteiger partial charge in [0.05, 0.1) is 7.11 Å². The fraction of sp³-hybridized carbons (Fsp3) is 0.652. The highest BCUT2D eigenvalue weighted by Crippen LogP contribution is 2.19. The van der Waals surface area contributed by atoms with Gasteiger partial charge >= 0.3 is 0 Å². The second kappa shape index (κ2) is 13.8. The Balaban J connectivity index is 0.00000480. The standard InChI is InChI=1S/C23H39N5O2.HI/c1-23(2,28-15-7-6-8-16-28)18-26-22(25-17-21(29)27(3)4)24-14-13-19-9-11-20(30-5)12-10-19;/h9-12H,6-8,13-18H2,1-5H3,(H2,24,25,26);1H. The number of likely N-dealkylation sites (tertiary alicyclic amines) is 1. The normalized spacial score (nSPS) is 15.1. The van der Waals surface area contributed by atoms with E-state index in [4.69, 9.17) is 4.74 Å². The Morgan fingerprint density at radius 3 is 2.35 bits per heavy atom. The second-order valence-corrected chi connectivity index (χ2v) is 8.69. The van der Waals surface area contributed by atoms with E-state index >= 15 is 0 Å². The molecule has 1 aromatic carbocycles. The van der Waals surface area contributed by atoms with Crippen LogP contribution in [0.1, 0.15) is 38.7 Å². The number of nitrogens with one attached hydrogen (secondary N) is 2. The molecule has 31 heavy (non-hydrogen) atoms. The Morgan fingerprint density at radius 2 is 1.77 bits per heavy atom. The fourth-order valence-corrected chi connectivity index (χ4v) is 3.49. The number of rotatable bonds is 9. The Kier molecular flexibility index (Phi) is 12.2. The van der Waals surface area contributed by atoms with Gasteiger partial charge in [-0.3, -0.25) is 9.69 Å². The molecule has 1 aliphatic heterocycles. The second-order valence-electron chi connectivity index (χ2n) is 8.69. The summed E-state index contributed by atoms with van der Waals surface area (Å²) in [4.78, 5) is 20.6. The van der Waals surface area contributed by atoms with E-state index in [-0.39, 0.29) is 42.0 Å². The third kappa shape index (κ3) is 9.64. The zero-order valence-corrected chi connectivity index (χ0v) is 22.1. The topological polar surface area (TPSA) is 69.2 Å². The van der Waals surface area contributed by atoms with Crippen LogP contribution in [0, 0.1) is 0 Å². The number of carbonyl (C=O) groups excluding carboxylic acids is 1. The molecule has 1 fully saturated rings. The molecule has 1 heterocycles. The SMILES string of the molecule is COc1ccc(CCNC(=NCC(=O)N(C)C)NCC(C)(C)N2CCCCC2)cc1.I. The first-order chi connectivity index (χ1) is 14.3. The third-order valence-electron chi connectivity index (χ3n) is 5.64. The van der Waals surface area contributed by atoms with Gasteiger partial charge in [-0.1, -0.05) is 18.6 Å². The first-order valence-electron chi connectivity index (χ1n) is 10.9. The average Bonchev–Trinajstić information content (AvgIpc) is 2.76. The summed E-state index contributed by atoms with van der Waals surface area (Å²) in [6.07, 6.45) is 4.72. The molecule has 1 amide bonds. The van der Waals surface area contributed by atoms with Crippen molar-refractivity contribution in [2.75, 3.05) is 53.9 Å². The van der Waals surface area contributed by atoms with Crippen molar-refractivity contribution in [3.63, 3.8) is 0 Å². The minimum atomic E-state index is -0.0125. The summed E-state index contributed by atoms with van der Waals surface area (Å²) in [5, 5.41) is 6.85. The molecule has 2 rings (SSSR count). The predicted octanol–water partition coefficient (Wildman–Crippen LogP) is 2.74. The van der Waals surface area contributed by atoms with Crippen LogP contribution in [-0.4, -0.2) is 81.1 Å². The van der Waals surface area contributed by atoms with Crippen molar-refractivity contribution < 1.29 is 9.53 Å². The molecule has 0 bridgehead atoms. The number of aliphatic imine (C=N–C) groups is 1. The molecule has 0 aliphatic carbocycles. The highest BCUT2D eigenvalue weighted by atomic mass is 127. The molecular weight excluding hydrogens is 505 g/mol. The summed E-state index contributed by atoms with van der Waals surface area (Å²) >= 11 is 0. The number of halogens is 1. The van der Waals surface area contributed by atoms with Gasteiger partial charge in [-0.2, -0.15) is 0 Å². The van der Waals surface area contributed by atoms with Crippen molar-refractivity contribution in [3.05, 3.63) is 29.8 Å². The maximum Gasteiger partial charge on any atom is 0.243 e. The number of hydrogen-bond acceptors (Lipinski definition) is 4. The zero-order valence-electron chi connectivity index (χ0n) is 19.7. The summed E-state index contributed by atoms with van der Waals surface area (Å²) in [5.41, 5.74) is 1.25. The average molecular weight is 546 g/mol. The molecule has 1 aliphatic rings. The lowest BCUT2D eigenvalue weighted by Gasteiger charge is -2.41. The van der Waals surface area contributed by atoms with Crippen molar-refractivity contribution in [2.24, 2.45) is 4.99 Å². The zero-order chi connectivity index (χ0) is 22.0. The lowest BCUT2D eigenvalue weighted by atomic mass is 9.98. The largest absolute Gasteiger partial charge is 0.497 e. The van der Waals surface area contributed by atoms with E-state index in [2.05, 4.69) is 46.5 Å². The quantitative estimate of drug-likeness (QED) is 0.284.